The number of aliphatic hydroxyl groups excluding tert-OH is 1. The highest BCUT2D eigenvalue weighted by molar-refractivity contribution is 5.29. The van der Waals surface area contributed by atoms with Gasteiger partial charge in [0.1, 0.15) is 5.75 Å². The molecule has 1 aliphatic rings. The molecule has 4 nitrogen and oxygen atoms in total. The van der Waals surface area contributed by atoms with Crippen molar-refractivity contribution in [3.8, 4) is 5.75 Å². The Morgan fingerprint density at radius 2 is 1.79 bits per heavy atom. The molecule has 0 aliphatic carbocycles. The van der Waals surface area contributed by atoms with Crippen molar-refractivity contribution in [2.75, 3.05) is 46.4 Å². The fourth-order valence-corrected chi connectivity index (χ4v) is 2.52. The molecule has 1 atom stereocenters. The van der Waals surface area contributed by atoms with Crippen molar-refractivity contribution in [1.82, 2.24) is 9.80 Å². The fourth-order valence-electron chi connectivity index (χ4n) is 2.52. The summed E-state index contributed by atoms with van der Waals surface area (Å²) in [5.74, 6) is 0.890. The highest BCUT2D eigenvalue weighted by Crippen LogP contribution is 2.23. The van der Waals surface area contributed by atoms with E-state index in [9.17, 15) is 5.11 Å². The minimum absolute atomic E-state index is 0.101. The number of aliphatic hydroxyl groups is 1. The van der Waals surface area contributed by atoms with Crippen LogP contribution in [0.3, 0.4) is 0 Å². The van der Waals surface area contributed by atoms with Gasteiger partial charge >= 0.3 is 0 Å². The van der Waals surface area contributed by atoms with Crippen LogP contribution in [-0.4, -0.2) is 61.3 Å². The number of rotatable bonds is 5. The van der Waals surface area contributed by atoms with Crippen LogP contribution in [0, 0.1) is 0 Å². The first-order valence-electron chi connectivity index (χ1n) is 7.00. The highest BCUT2D eigenvalue weighted by Gasteiger charge is 2.23. The van der Waals surface area contributed by atoms with Crippen molar-refractivity contribution in [3.05, 3.63) is 29.8 Å². The van der Waals surface area contributed by atoms with Crippen LogP contribution >= 0.6 is 0 Å². The molecule has 0 saturated carbocycles. The number of piperazine rings is 1. The van der Waals surface area contributed by atoms with Crippen LogP contribution in [0.2, 0.25) is 0 Å². The first-order valence-corrected chi connectivity index (χ1v) is 7.00. The van der Waals surface area contributed by atoms with Crippen molar-refractivity contribution >= 4 is 0 Å². The SMILES string of the molecule is CCOc1ccc(C(CO)N2CCN(C)CC2)cc1. The summed E-state index contributed by atoms with van der Waals surface area (Å²) in [7, 11) is 2.14. The molecule has 2 rings (SSSR count). The number of ether oxygens (including phenoxy) is 1. The van der Waals surface area contributed by atoms with Gasteiger partial charge in [0, 0.05) is 26.2 Å². The van der Waals surface area contributed by atoms with Crippen LogP contribution in [0.5, 0.6) is 5.75 Å². The summed E-state index contributed by atoms with van der Waals surface area (Å²) >= 11 is 0. The van der Waals surface area contributed by atoms with Crippen molar-refractivity contribution in [1.29, 1.82) is 0 Å². The van der Waals surface area contributed by atoms with E-state index in [0.29, 0.717) is 6.61 Å². The molecule has 0 amide bonds. The average Bonchev–Trinajstić information content (AvgIpc) is 2.44. The second kappa shape index (κ2) is 6.89. The molecule has 106 valence electrons. The van der Waals surface area contributed by atoms with Crippen molar-refractivity contribution in [3.63, 3.8) is 0 Å². The predicted octanol–water partition coefficient (Wildman–Crippen LogP) is 1.37. The van der Waals surface area contributed by atoms with Crippen LogP contribution in [0.4, 0.5) is 0 Å². The zero-order valence-electron chi connectivity index (χ0n) is 11.9. The van der Waals surface area contributed by atoms with Crippen molar-refractivity contribution < 1.29 is 9.84 Å². The van der Waals surface area contributed by atoms with Gasteiger partial charge in [-0.05, 0) is 31.7 Å². The van der Waals surface area contributed by atoms with E-state index in [-0.39, 0.29) is 12.6 Å². The van der Waals surface area contributed by atoms with Gasteiger partial charge in [-0.2, -0.15) is 0 Å². The molecule has 4 heteroatoms. The van der Waals surface area contributed by atoms with E-state index in [2.05, 4.69) is 29.0 Å². The van der Waals surface area contributed by atoms with Gasteiger partial charge in [-0.25, -0.2) is 0 Å². The minimum atomic E-state index is 0.101. The van der Waals surface area contributed by atoms with Crippen LogP contribution in [0.25, 0.3) is 0 Å². The first-order chi connectivity index (χ1) is 9.24. The quantitative estimate of drug-likeness (QED) is 0.871. The maximum Gasteiger partial charge on any atom is 0.119 e. The lowest BCUT2D eigenvalue weighted by Gasteiger charge is -2.37. The molecule has 1 fully saturated rings. The molecule has 0 aromatic heterocycles. The number of likely N-dealkylation sites (N-methyl/N-ethyl adjacent to an activating group) is 1. The molecular weight excluding hydrogens is 240 g/mol. The largest absolute Gasteiger partial charge is 0.494 e. The van der Waals surface area contributed by atoms with Gasteiger partial charge in [0.2, 0.25) is 0 Å². The Kier molecular flexibility index (Phi) is 5.19. The smallest absolute Gasteiger partial charge is 0.119 e. The molecular formula is C15H24N2O2. The summed E-state index contributed by atoms with van der Waals surface area (Å²) in [6, 6.07) is 8.19. The first kappa shape index (κ1) is 14.3. The van der Waals surface area contributed by atoms with E-state index in [1.165, 1.54) is 0 Å². The molecule has 1 N–H and O–H groups in total. The third kappa shape index (κ3) is 3.69. The molecule has 1 saturated heterocycles. The summed E-state index contributed by atoms with van der Waals surface area (Å²) in [6.45, 7) is 6.97. The number of hydrogen-bond donors (Lipinski definition) is 1. The summed E-state index contributed by atoms with van der Waals surface area (Å²) in [5, 5.41) is 9.68. The fraction of sp³-hybridized carbons (Fsp3) is 0.600. The molecule has 1 aromatic rings. The van der Waals surface area contributed by atoms with Gasteiger partial charge in [0.15, 0.2) is 0 Å². The number of nitrogens with zero attached hydrogens (tertiary/aromatic N) is 2. The van der Waals surface area contributed by atoms with E-state index >= 15 is 0 Å². The normalized spacial score (nSPS) is 19.3. The highest BCUT2D eigenvalue weighted by atomic mass is 16.5. The topological polar surface area (TPSA) is 35.9 Å². The Hall–Kier alpha value is -1.10. The molecule has 1 unspecified atom stereocenters. The minimum Gasteiger partial charge on any atom is -0.494 e. The summed E-state index contributed by atoms with van der Waals surface area (Å²) in [5.41, 5.74) is 1.16. The predicted molar refractivity (Wildman–Crippen MR) is 76.5 cm³/mol. The molecule has 0 spiro atoms. The van der Waals surface area contributed by atoms with Crippen molar-refractivity contribution in [2.24, 2.45) is 0 Å². The Labute approximate surface area is 115 Å². The third-order valence-corrected chi connectivity index (χ3v) is 3.73. The standard InChI is InChI=1S/C15H24N2O2/c1-3-19-14-6-4-13(5-7-14)15(12-18)17-10-8-16(2)9-11-17/h4-7,15,18H,3,8-12H2,1-2H3. The number of hydrogen-bond acceptors (Lipinski definition) is 4. The lowest BCUT2D eigenvalue weighted by molar-refractivity contribution is 0.0748. The maximum absolute atomic E-state index is 9.68. The second-order valence-corrected chi connectivity index (χ2v) is 5.04. The zero-order valence-corrected chi connectivity index (χ0v) is 11.9. The van der Waals surface area contributed by atoms with Crippen LogP contribution in [0.1, 0.15) is 18.5 Å². The molecule has 1 aromatic carbocycles. The van der Waals surface area contributed by atoms with Gasteiger partial charge in [-0.3, -0.25) is 4.90 Å². The third-order valence-electron chi connectivity index (χ3n) is 3.73. The van der Waals surface area contributed by atoms with E-state index in [1.807, 2.05) is 19.1 Å². The van der Waals surface area contributed by atoms with Gasteiger partial charge in [-0.15, -0.1) is 0 Å². The Bertz CT molecular complexity index is 372. The van der Waals surface area contributed by atoms with Crippen LogP contribution in [0.15, 0.2) is 24.3 Å². The lowest BCUT2D eigenvalue weighted by atomic mass is 10.0. The van der Waals surface area contributed by atoms with Crippen LogP contribution < -0.4 is 4.74 Å². The Balaban J connectivity index is 2.04. The van der Waals surface area contributed by atoms with E-state index < -0.39 is 0 Å². The molecule has 0 bridgehead atoms. The Morgan fingerprint density at radius 3 is 2.32 bits per heavy atom. The second-order valence-electron chi connectivity index (χ2n) is 5.04. The van der Waals surface area contributed by atoms with Crippen molar-refractivity contribution in [2.45, 2.75) is 13.0 Å². The van der Waals surface area contributed by atoms with Gasteiger partial charge in [0.05, 0.1) is 19.3 Å². The molecule has 1 aliphatic heterocycles. The lowest BCUT2D eigenvalue weighted by Crippen LogP contribution is -2.46. The molecule has 19 heavy (non-hydrogen) atoms. The maximum atomic E-state index is 9.68. The van der Waals surface area contributed by atoms with Gasteiger partial charge in [0.25, 0.3) is 0 Å². The molecule has 0 radical (unpaired) electrons. The number of benzene rings is 1. The van der Waals surface area contributed by atoms with E-state index in [1.54, 1.807) is 0 Å². The summed E-state index contributed by atoms with van der Waals surface area (Å²) in [6.07, 6.45) is 0. The van der Waals surface area contributed by atoms with Crippen LogP contribution in [-0.2, 0) is 0 Å². The molecule has 1 heterocycles. The Morgan fingerprint density at radius 1 is 1.16 bits per heavy atom. The monoisotopic (exact) mass is 264 g/mol. The van der Waals surface area contributed by atoms with Gasteiger partial charge in [-0.1, -0.05) is 12.1 Å². The summed E-state index contributed by atoms with van der Waals surface area (Å²) in [4.78, 5) is 4.68. The average molecular weight is 264 g/mol. The zero-order chi connectivity index (χ0) is 13.7. The van der Waals surface area contributed by atoms with Gasteiger partial charge < -0.3 is 14.7 Å². The van der Waals surface area contributed by atoms with E-state index in [0.717, 1.165) is 37.5 Å². The summed E-state index contributed by atoms with van der Waals surface area (Å²) < 4.78 is 5.45. The van der Waals surface area contributed by atoms with E-state index in [4.69, 9.17) is 4.74 Å².